The maximum absolute atomic E-state index is 13.0. The first kappa shape index (κ1) is 17.4. The molecule has 3 rings (SSSR count). The minimum atomic E-state index is -0.440. The second-order valence-corrected chi connectivity index (χ2v) is 5.63. The molecule has 0 bridgehead atoms. The minimum Gasteiger partial charge on any atom is -0.467 e. The first-order chi connectivity index (χ1) is 12.7. The zero-order chi connectivity index (χ0) is 18.4. The molecule has 0 aliphatic heterocycles. The summed E-state index contributed by atoms with van der Waals surface area (Å²) in [7, 11) is 1.32. The molecule has 0 atom stereocenters. The van der Waals surface area contributed by atoms with Crippen LogP contribution in [-0.4, -0.2) is 28.9 Å². The Bertz CT molecular complexity index is 859. The Morgan fingerprint density at radius 2 is 1.77 bits per heavy atom. The van der Waals surface area contributed by atoms with Crippen LogP contribution in [0.1, 0.15) is 32.2 Å². The third kappa shape index (κ3) is 4.16. The van der Waals surface area contributed by atoms with Crippen LogP contribution in [0.5, 0.6) is 0 Å². The van der Waals surface area contributed by atoms with E-state index in [2.05, 4.69) is 9.72 Å². The lowest BCUT2D eigenvalue weighted by Crippen LogP contribution is -2.30. The van der Waals surface area contributed by atoms with Gasteiger partial charge in [0.2, 0.25) is 0 Å². The SMILES string of the molecule is COC(=O)c1ccc(C(=O)N(Cc2ccccn2)Cc2ccco2)cc1. The molecular weight excluding hydrogens is 332 g/mol. The number of amides is 1. The van der Waals surface area contributed by atoms with E-state index < -0.39 is 5.97 Å². The predicted octanol–water partition coefficient (Wildman–Crippen LogP) is 3.30. The molecule has 6 heteroatoms. The second-order valence-electron chi connectivity index (χ2n) is 5.63. The standard InChI is InChI=1S/C20H18N2O4/c1-25-20(24)16-9-7-15(8-10-16)19(23)22(14-18-6-4-12-26-18)13-17-5-2-3-11-21-17/h2-12H,13-14H2,1H3. The number of nitrogens with zero attached hydrogens (tertiary/aromatic N) is 2. The summed E-state index contributed by atoms with van der Waals surface area (Å²) in [4.78, 5) is 30.4. The lowest BCUT2D eigenvalue weighted by Gasteiger charge is -2.21. The van der Waals surface area contributed by atoms with Crippen LogP contribution in [0.15, 0.2) is 71.5 Å². The largest absolute Gasteiger partial charge is 0.467 e. The van der Waals surface area contributed by atoms with Gasteiger partial charge in [-0.05, 0) is 48.5 Å². The number of hydrogen-bond donors (Lipinski definition) is 0. The molecule has 0 unspecified atom stereocenters. The van der Waals surface area contributed by atoms with Crippen LogP contribution in [0.4, 0.5) is 0 Å². The fraction of sp³-hybridized carbons (Fsp3) is 0.150. The number of furan rings is 1. The highest BCUT2D eigenvalue weighted by molar-refractivity contribution is 5.96. The fourth-order valence-corrected chi connectivity index (χ4v) is 2.53. The Hall–Kier alpha value is -3.41. The fourth-order valence-electron chi connectivity index (χ4n) is 2.53. The van der Waals surface area contributed by atoms with Crippen LogP contribution < -0.4 is 0 Å². The van der Waals surface area contributed by atoms with Gasteiger partial charge in [-0.25, -0.2) is 4.79 Å². The van der Waals surface area contributed by atoms with Crippen LogP contribution in [0.25, 0.3) is 0 Å². The van der Waals surface area contributed by atoms with Gasteiger partial charge in [-0.2, -0.15) is 0 Å². The molecule has 26 heavy (non-hydrogen) atoms. The van der Waals surface area contributed by atoms with Gasteiger partial charge < -0.3 is 14.1 Å². The number of pyridine rings is 1. The lowest BCUT2D eigenvalue weighted by molar-refractivity contribution is 0.0599. The zero-order valence-corrected chi connectivity index (χ0v) is 14.3. The summed E-state index contributed by atoms with van der Waals surface area (Å²) in [5.74, 6) is 0.0638. The first-order valence-corrected chi connectivity index (χ1v) is 8.07. The molecule has 6 nitrogen and oxygen atoms in total. The van der Waals surface area contributed by atoms with Crippen molar-refractivity contribution in [1.29, 1.82) is 0 Å². The van der Waals surface area contributed by atoms with E-state index in [1.807, 2.05) is 24.3 Å². The number of benzene rings is 1. The number of ether oxygens (including phenoxy) is 1. The van der Waals surface area contributed by atoms with E-state index in [1.54, 1.807) is 47.7 Å². The number of hydrogen-bond acceptors (Lipinski definition) is 5. The normalized spacial score (nSPS) is 10.3. The molecule has 0 saturated carbocycles. The Labute approximate surface area is 151 Å². The second kappa shape index (κ2) is 8.11. The molecule has 0 spiro atoms. The minimum absolute atomic E-state index is 0.177. The van der Waals surface area contributed by atoms with Crippen LogP contribution in [-0.2, 0) is 17.8 Å². The van der Waals surface area contributed by atoms with Crippen molar-refractivity contribution in [3.05, 3.63) is 89.6 Å². The van der Waals surface area contributed by atoms with Crippen molar-refractivity contribution in [2.24, 2.45) is 0 Å². The summed E-state index contributed by atoms with van der Waals surface area (Å²) in [6.07, 6.45) is 3.26. The van der Waals surface area contributed by atoms with E-state index in [0.717, 1.165) is 5.69 Å². The van der Waals surface area contributed by atoms with Crippen molar-refractivity contribution in [3.8, 4) is 0 Å². The van der Waals surface area contributed by atoms with Gasteiger partial charge >= 0.3 is 5.97 Å². The molecule has 0 saturated heterocycles. The highest BCUT2D eigenvalue weighted by Gasteiger charge is 2.19. The Balaban J connectivity index is 1.82. The molecule has 0 aliphatic carbocycles. The summed E-state index contributed by atoms with van der Waals surface area (Å²) in [5, 5.41) is 0. The van der Waals surface area contributed by atoms with Crippen LogP contribution in [0.3, 0.4) is 0 Å². The van der Waals surface area contributed by atoms with Gasteiger partial charge in [0.25, 0.3) is 5.91 Å². The third-order valence-electron chi connectivity index (χ3n) is 3.85. The first-order valence-electron chi connectivity index (χ1n) is 8.07. The molecule has 0 N–H and O–H groups in total. The van der Waals surface area contributed by atoms with Gasteiger partial charge in [0.05, 0.1) is 37.7 Å². The Morgan fingerprint density at radius 3 is 2.38 bits per heavy atom. The van der Waals surface area contributed by atoms with Gasteiger partial charge in [0.1, 0.15) is 5.76 Å². The van der Waals surface area contributed by atoms with E-state index in [0.29, 0.717) is 30.0 Å². The van der Waals surface area contributed by atoms with Crippen molar-refractivity contribution >= 4 is 11.9 Å². The average Bonchev–Trinajstić information content (AvgIpc) is 3.20. The summed E-state index contributed by atoms with van der Waals surface area (Å²) in [6, 6.07) is 15.5. The van der Waals surface area contributed by atoms with Crippen molar-refractivity contribution in [2.75, 3.05) is 7.11 Å². The molecule has 132 valence electrons. The van der Waals surface area contributed by atoms with Crippen LogP contribution >= 0.6 is 0 Å². The molecule has 1 amide bonds. The summed E-state index contributed by atoms with van der Waals surface area (Å²) in [6.45, 7) is 0.667. The highest BCUT2D eigenvalue weighted by Crippen LogP contribution is 2.15. The maximum atomic E-state index is 13.0. The van der Waals surface area contributed by atoms with Crippen LogP contribution in [0, 0.1) is 0 Å². The van der Waals surface area contributed by atoms with Crippen molar-refractivity contribution in [2.45, 2.75) is 13.1 Å². The molecule has 1 aromatic carbocycles. The molecule has 3 aromatic rings. The summed E-state index contributed by atoms with van der Waals surface area (Å²) in [5.41, 5.74) is 1.64. The Kier molecular flexibility index (Phi) is 5.43. The van der Waals surface area contributed by atoms with Crippen LogP contribution in [0.2, 0.25) is 0 Å². The lowest BCUT2D eigenvalue weighted by atomic mass is 10.1. The smallest absolute Gasteiger partial charge is 0.337 e. The van der Waals surface area contributed by atoms with Gasteiger partial charge in [0, 0.05) is 11.8 Å². The monoisotopic (exact) mass is 350 g/mol. The van der Waals surface area contributed by atoms with Gasteiger partial charge in [0.15, 0.2) is 0 Å². The van der Waals surface area contributed by atoms with E-state index in [9.17, 15) is 9.59 Å². The number of aromatic nitrogens is 1. The predicted molar refractivity (Wildman–Crippen MR) is 94.3 cm³/mol. The van der Waals surface area contributed by atoms with Gasteiger partial charge in [-0.3, -0.25) is 9.78 Å². The third-order valence-corrected chi connectivity index (χ3v) is 3.85. The van der Waals surface area contributed by atoms with E-state index in [4.69, 9.17) is 4.42 Å². The van der Waals surface area contributed by atoms with Crippen molar-refractivity contribution in [3.63, 3.8) is 0 Å². The number of esters is 1. The van der Waals surface area contributed by atoms with Gasteiger partial charge in [-0.15, -0.1) is 0 Å². The molecule has 2 heterocycles. The van der Waals surface area contributed by atoms with Crippen molar-refractivity contribution in [1.82, 2.24) is 9.88 Å². The zero-order valence-electron chi connectivity index (χ0n) is 14.3. The average molecular weight is 350 g/mol. The number of methoxy groups -OCH3 is 1. The molecule has 0 aliphatic rings. The molecule has 0 radical (unpaired) electrons. The quantitative estimate of drug-likeness (QED) is 0.638. The summed E-state index contributed by atoms with van der Waals surface area (Å²) >= 11 is 0. The number of carbonyl (C=O) groups is 2. The van der Waals surface area contributed by atoms with E-state index >= 15 is 0 Å². The summed E-state index contributed by atoms with van der Waals surface area (Å²) < 4.78 is 10.1. The Morgan fingerprint density at radius 1 is 1.00 bits per heavy atom. The van der Waals surface area contributed by atoms with E-state index in [1.165, 1.54) is 7.11 Å². The van der Waals surface area contributed by atoms with Gasteiger partial charge in [-0.1, -0.05) is 6.07 Å². The van der Waals surface area contributed by atoms with Crippen molar-refractivity contribution < 1.29 is 18.7 Å². The topological polar surface area (TPSA) is 72.6 Å². The maximum Gasteiger partial charge on any atom is 0.337 e. The number of carbonyl (C=O) groups excluding carboxylic acids is 2. The molecule has 2 aromatic heterocycles. The molecular formula is C20H18N2O4. The highest BCUT2D eigenvalue weighted by atomic mass is 16.5. The van der Waals surface area contributed by atoms with E-state index in [-0.39, 0.29) is 5.91 Å². The molecule has 0 fully saturated rings. The number of rotatable bonds is 6.